The third kappa shape index (κ3) is 3.11. The summed E-state index contributed by atoms with van der Waals surface area (Å²) in [6.07, 6.45) is 1.61. The molecule has 1 aromatic heterocycles. The van der Waals surface area contributed by atoms with Crippen LogP contribution in [0.4, 0.5) is 0 Å². The zero-order valence-corrected chi connectivity index (χ0v) is 11.7. The van der Waals surface area contributed by atoms with Gasteiger partial charge in [0.2, 0.25) is 0 Å². The first-order valence-electron chi connectivity index (χ1n) is 5.23. The van der Waals surface area contributed by atoms with Gasteiger partial charge in [0.25, 0.3) is 0 Å². The predicted octanol–water partition coefficient (Wildman–Crippen LogP) is 3.83. The number of carboxylic acids is 1. The van der Waals surface area contributed by atoms with Gasteiger partial charge in [-0.3, -0.25) is 0 Å². The molecule has 2 rings (SSSR count). The third-order valence-electron chi connectivity index (χ3n) is 2.32. The third-order valence-corrected chi connectivity index (χ3v) is 4.15. The highest BCUT2D eigenvalue weighted by Gasteiger charge is 2.11. The summed E-state index contributed by atoms with van der Waals surface area (Å²) in [5.41, 5.74) is 1.36. The molecule has 0 unspecified atom stereocenters. The van der Waals surface area contributed by atoms with Crippen LogP contribution in [0.15, 0.2) is 52.1 Å². The lowest BCUT2D eigenvalue weighted by Gasteiger charge is -2.05. The molecule has 1 heterocycles. The monoisotopic (exact) mass is 323 g/mol. The standard InChI is InChI=1S/C13H10BrNO2S/c14-11-6-2-1-4-9(11)8-18-12-10(13(16)17)5-3-7-15-12/h1-7H,8H2,(H,16,17). The van der Waals surface area contributed by atoms with E-state index in [1.165, 1.54) is 11.8 Å². The zero-order chi connectivity index (χ0) is 13.0. The maximum absolute atomic E-state index is 11.0. The van der Waals surface area contributed by atoms with Gasteiger partial charge >= 0.3 is 5.97 Å². The van der Waals surface area contributed by atoms with Crippen LogP contribution in [-0.4, -0.2) is 16.1 Å². The Morgan fingerprint density at radius 3 is 2.78 bits per heavy atom. The van der Waals surface area contributed by atoms with Crippen molar-refractivity contribution in [3.8, 4) is 0 Å². The molecular weight excluding hydrogens is 314 g/mol. The van der Waals surface area contributed by atoms with E-state index in [9.17, 15) is 4.79 Å². The summed E-state index contributed by atoms with van der Waals surface area (Å²) in [4.78, 5) is 15.1. The van der Waals surface area contributed by atoms with E-state index in [-0.39, 0.29) is 5.56 Å². The van der Waals surface area contributed by atoms with E-state index in [4.69, 9.17) is 5.11 Å². The second kappa shape index (κ2) is 6.02. The topological polar surface area (TPSA) is 50.2 Å². The lowest BCUT2D eigenvalue weighted by atomic mass is 10.2. The minimum Gasteiger partial charge on any atom is -0.478 e. The number of rotatable bonds is 4. The summed E-state index contributed by atoms with van der Waals surface area (Å²) in [7, 11) is 0. The summed E-state index contributed by atoms with van der Waals surface area (Å²) >= 11 is 4.89. The molecule has 0 bridgehead atoms. The maximum atomic E-state index is 11.0. The van der Waals surface area contributed by atoms with E-state index in [2.05, 4.69) is 20.9 Å². The Labute approximate surface area is 117 Å². The van der Waals surface area contributed by atoms with Gasteiger partial charge in [-0.1, -0.05) is 34.1 Å². The summed E-state index contributed by atoms with van der Waals surface area (Å²) in [6, 6.07) is 11.1. The van der Waals surface area contributed by atoms with Crippen molar-refractivity contribution in [1.82, 2.24) is 4.98 Å². The Balaban J connectivity index is 2.16. The van der Waals surface area contributed by atoms with Gasteiger partial charge in [0, 0.05) is 16.4 Å². The Hall–Kier alpha value is -1.33. The van der Waals surface area contributed by atoms with Crippen molar-refractivity contribution in [2.75, 3.05) is 0 Å². The minimum atomic E-state index is -0.947. The molecule has 0 radical (unpaired) electrons. The van der Waals surface area contributed by atoms with Crippen LogP contribution in [0.3, 0.4) is 0 Å². The highest BCUT2D eigenvalue weighted by molar-refractivity contribution is 9.10. The van der Waals surface area contributed by atoms with Crippen molar-refractivity contribution in [3.05, 3.63) is 58.2 Å². The van der Waals surface area contributed by atoms with Gasteiger partial charge in [-0.25, -0.2) is 9.78 Å². The van der Waals surface area contributed by atoms with Crippen LogP contribution in [0.2, 0.25) is 0 Å². The Kier molecular flexibility index (Phi) is 4.38. The van der Waals surface area contributed by atoms with Gasteiger partial charge < -0.3 is 5.11 Å². The molecule has 3 nitrogen and oxygen atoms in total. The SMILES string of the molecule is O=C(O)c1cccnc1SCc1ccccc1Br. The largest absolute Gasteiger partial charge is 0.478 e. The minimum absolute atomic E-state index is 0.245. The summed E-state index contributed by atoms with van der Waals surface area (Å²) in [6.45, 7) is 0. The van der Waals surface area contributed by atoms with Crippen molar-refractivity contribution in [2.24, 2.45) is 0 Å². The van der Waals surface area contributed by atoms with E-state index in [1.807, 2.05) is 24.3 Å². The molecule has 0 amide bonds. The normalized spacial score (nSPS) is 10.3. The van der Waals surface area contributed by atoms with Crippen molar-refractivity contribution in [1.29, 1.82) is 0 Å². The van der Waals surface area contributed by atoms with Gasteiger partial charge in [-0.05, 0) is 23.8 Å². The molecule has 1 N–H and O–H groups in total. The molecule has 0 saturated heterocycles. The number of aromatic nitrogens is 1. The number of aromatic carboxylic acids is 1. The number of hydrogen-bond donors (Lipinski definition) is 1. The number of halogens is 1. The average Bonchev–Trinajstić information content (AvgIpc) is 2.38. The summed E-state index contributed by atoms with van der Waals surface area (Å²) in [5.74, 6) is -0.267. The van der Waals surface area contributed by atoms with E-state index in [0.29, 0.717) is 10.8 Å². The Morgan fingerprint density at radius 2 is 2.06 bits per heavy atom. The van der Waals surface area contributed by atoms with Crippen LogP contribution in [0, 0.1) is 0 Å². The van der Waals surface area contributed by atoms with Crippen LogP contribution in [-0.2, 0) is 5.75 Å². The molecule has 5 heteroatoms. The fourth-order valence-electron chi connectivity index (χ4n) is 1.43. The number of benzene rings is 1. The number of thioether (sulfide) groups is 1. The summed E-state index contributed by atoms with van der Waals surface area (Å²) in [5, 5.41) is 9.60. The Morgan fingerprint density at radius 1 is 1.28 bits per heavy atom. The summed E-state index contributed by atoms with van der Waals surface area (Å²) < 4.78 is 1.02. The van der Waals surface area contributed by atoms with Crippen molar-refractivity contribution in [3.63, 3.8) is 0 Å². The lowest BCUT2D eigenvalue weighted by molar-refractivity contribution is 0.0692. The van der Waals surface area contributed by atoms with E-state index in [0.717, 1.165) is 10.0 Å². The number of pyridine rings is 1. The maximum Gasteiger partial charge on any atom is 0.338 e. The quantitative estimate of drug-likeness (QED) is 0.868. The van der Waals surface area contributed by atoms with Crippen LogP contribution < -0.4 is 0 Å². The van der Waals surface area contributed by atoms with Crippen LogP contribution in [0.1, 0.15) is 15.9 Å². The predicted molar refractivity (Wildman–Crippen MR) is 74.9 cm³/mol. The smallest absolute Gasteiger partial charge is 0.338 e. The van der Waals surface area contributed by atoms with E-state index in [1.54, 1.807) is 18.3 Å². The van der Waals surface area contributed by atoms with Gasteiger partial charge in [0.05, 0.1) is 5.56 Å². The molecule has 0 fully saturated rings. The molecule has 92 valence electrons. The molecule has 0 aliphatic carbocycles. The number of carbonyl (C=O) groups is 1. The number of carboxylic acid groups (broad SMARTS) is 1. The van der Waals surface area contributed by atoms with Crippen LogP contribution >= 0.6 is 27.7 Å². The van der Waals surface area contributed by atoms with E-state index < -0.39 is 5.97 Å². The van der Waals surface area contributed by atoms with E-state index >= 15 is 0 Å². The number of nitrogens with zero attached hydrogens (tertiary/aromatic N) is 1. The first-order chi connectivity index (χ1) is 8.68. The average molecular weight is 324 g/mol. The molecule has 0 saturated carbocycles. The van der Waals surface area contributed by atoms with Gasteiger partial charge in [-0.15, -0.1) is 11.8 Å². The molecule has 0 atom stereocenters. The van der Waals surface area contributed by atoms with Crippen molar-refractivity contribution >= 4 is 33.7 Å². The molecule has 18 heavy (non-hydrogen) atoms. The fraction of sp³-hybridized carbons (Fsp3) is 0.0769. The first-order valence-corrected chi connectivity index (χ1v) is 7.01. The fourth-order valence-corrected chi connectivity index (χ4v) is 3.03. The zero-order valence-electron chi connectivity index (χ0n) is 9.34. The second-order valence-electron chi connectivity index (χ2n) is 3.54. The first kappa shape index (κ1) is 13.1. The lowest BCUT2D eigenvalue weighted by Crippen LogP contribution is -2.00. The van der Waals surface area contributed by atoms with Crippen LogP contribution in [0.25, 0.3) is 0 Å². The van der Waals surface area contributed by atoms with Gasteiger partial charge in [-0.2, -0.15) is 0 Å². The highest BCUT2D eigenvalue weighted by Crippen LogP contribution is 2.27. The Bertz CT molecular complexity index is 574. The number of hydrogen-bond acceptors (Lipinski definition) is 3. The van der Waals surface area contributed by atoms with Crippen molar-refractivity contribution in [2.45, 2.75) is 10.8 Å². The second-order valence-corrected chi connectivity index (χ2v) is 5.36. The molecule has 2 aromatic rings. The molecule has 0 aliphatic heterocycles. The van der Waals surface area contributed by atoms with Crippen molar-refractivity contribution < 1.29 is 9.90 Å². The van der Waals surface area contributed by atoms with Crippen LogP contribution in [0.5, 0.6) is 0 Å². The van der Waals surface area contributed by atoms with Gasteiger partial charge in [0.1, 0.15) is 5.03 Å². The molecular formula is C13H10BrNO2S. The molecule has 1 aromatic carbocycles. The highest BCUT2D eigenvalue weighted by atomic mass is 79.9. The molecule has 0 spiro atoms. The van der Waals surface area contributed by atoms with Gasteiger partial charge in [0.15, 0.2) is 0 Å². The molecule has 0 aliphatic rings.